The summed E-state index contributed by atoms with van der Waals surface area (Å²) in [5.74, 6) is -2.54. The molecule has 0 saturated carbocycles. The van der Waals surface area contributed by atoms with Gasteiger partial charge in [0.25, 0.3) is 5.79 Å². The molecule has 6 heteroatoms. The van der Waals surface area contributed by atoms with Crippen molar-refractivity contribution in [1.29, 1.82) is 0 Å². The topological polar surface area (TPSA) is 52.6 Å². The third kappa shape index (κ3) is 6.54. The van der Waals surface area contributed by atoms with Crippen molar-refractivity contribution in [3.63, 3.8) is 0 Å². The molecule has 1 heterocycles. The van der Waals surface area contributed by atoms with E-state index in [0.717, 1.165) is 11.1 Å². The highest BCUT2D eigenvalue weighted by Gasteiger charge is 2.56. The van der Waals surface area contributed by atoms with Crippen molar-refractivity contribution in [2.45, 2.75) is 46.3 Å². The fourth-order valence-corrected chi connectivity index (χ4v) is 2.87. The standard InChI is InChI=1S/C22H26Cl2O4/c1-7-17(23)11-9-15(3)13-22(14-16(4)10-12-18(24)8-2)19(25)27-21(5,6)28-20(22)26/h7-12H,1-2,13-14H2,3-6H3. The minimum Gasteiger partial charge on any atom is -0.422 e. The number of esters is 2. The van der Waals surface area contributed by atoms with Crippen molar-refractivity contribution in [2.24, 2.45) is 5.41 Å². The number of ether oxygens (including phenoxy) is 2. The predicted molar refractivity (Wildman–Crippen MR) is 114 cm³/mol. The lowest BCUT2D eigenvalue weighted by Gasteiger charge is -2.40. The maximum atomic E-state index is 12.9. The lowest BCUT2D eigenvalue weighted by Crippen LogP contribution is -2.54. The molecule has 1 rings (SSSR count). The number of hydrogen-bond acceptors (Lipinski definition) is 4. The number of cyclic esters (lactones) is 2. The minimum absolute atomic E-state index is 0.128. The Morgan fingerprint density at radius 1 is 0.857 bits per heavy atom. The zero-order valence-electron chi connectivity index (χ0n) is 16.7. The first kappa shape index (κ1) is 24.0. The molecule has 0 radical (unpaired) electrons. The van der Waals surface area contributed by atoms with E-state index in [4.69, 9.17) is 32.7 Å². The Balaban J connectivity index is 3.32. The highest BCUT2D eigenvalue weighted by molar-refractivity contribution is 6.31. The van der Waals surface area contributed by atoms with Gasteiger partial charge >= 0.3 is 11.9 Å². The summed E-state index contributed by atoms with van der Waals surface area (Å²) in [6.45, 7) is 13.8. The zero-order chi connectivity index (χ0) is 21.5. The Labute approximate surface area is 176 Å². The van der Waals surface area contributed by atoms with Gasteiger partial charge in [0.2, 0.25) is 0 Å². The summed E-state index contributed by atoms with van der Waals surface area (Å²) in [6.07, 6.45) is 10.0. The van der Waals surface area contributed by atoms with Gasteiger partial charge in [-0.2, -0.15) is 0 Å². The molecular formula is C22H26Cl2O4. The maximum absolute atomic E-state index is 12.9. The zero-order valence-corrected chi connectivity index (χ0v) is 18.2. The third-order valence-corrected chi connectivity index (χ3v) is 4.62. The summed E-state index contributed by atoms with van der Waals surface area (Å²) in [7, 11) is 0. The normalized spacial score (nSPS) is 20.4. The Bertz CT molecular complexity index is 718. The van der Waals surface area contributed by atoms with E-state index in [1.165, 1.54) is 26.0 Å². The van der Waals surface area contributed by atoms with E-state index in [2.05, 4.69) is 13.2 Å². The van der Waals surface area contributed by atoms with Crippen LogP contribution in [0.2, 0.25) is 0 Å². The molecule has 0 unspecified atom stereocenters. The van der Waals surface area contributed by atoms with E-state index < -0.39 is 23.1 Å². The average Bonchev–Trinajstić information content (AvgIpc) is 2.61. The van der Waals surface area contributed by atoms with E-state index in [1.54, 1.807) is 38.2 Å². The molecule has 0 atom stereocenters. The molecule has 4 nitrogen and oxygen atoms in total. The molecule has 0 aromatic heterocycles. The Morgan fingerprint density at radius 2 is 1.21 bits per heavy atom. The van der Waals surface area contributed by atoms with Gasteiger partial charge in [-0.05, 0) is 38.8 Å². The van der Waals surface area contributed by atoms with E-state index in [9.17, 15) is 9.59 Å². The van der Waals surface area contributed by atoms with Gasteiger partial charge in [0, 0.05) is 23.9 Å². The summed E-state index contributed by atoms with van der Waals surface area (Å²) in [5, 5.41) is 0.896. The molecule has 0 aromatic carbocycles. The van der Waals surface area contributed by atoms with Crippen molar-refractivity contribution in [2.75, 3.05) is 0 Å². The second-order valence-corrected chi connectivity index (χ2v) is 8.02. The van der Waals surface area contributed by atoms with Crippen LogP contribution in [-0.2, 0) is 19.1 Å². The van der Waals surface area contributed by atoms with Gasteiger partial charge in [0.1, 0.15) is 0 Å². The Morgan fingerprint density at radius 3 is 1.54 bits per heavy atom. The van der Waals surface area contributed by atoms with Gasteiger partial charge in [-0.15, -0.1) is 0 Å². The molecule has 28 heavy (non-hydrogen) atoms. The van der Waals surface area contributed by atoms with E-state index in [0.29, 0.717) is 10.1 Å². The van der Waals surface area contributed by atoms with Crippen LogP contribution >= 0.6 is 23.2 Å². The van der Waals surface area contributed by atoms with Gasteiger partial charge in [-0.25, -0.2) is 0 Å². The van der Waals surface area contributed by atoms with Crippen LogP contribution in [0.5, 0.6) is 0 Å². The summed E-state index contributed by atoms with van der Waals surface area (Å²) in [5.41, 5.74) is 0.0433. The SMILES string of the molecule is C=CC(Cl)=CC=C(C)CC1(CC(C)=CC=C(Cl)C=C)C(=O)OC(C)(C)OC1=O. The van der Waals surface area contributed by atoms with Crippen LogP contribution in [0.3, 0.4) is 0 Å². The van der Waals surface area contributed by atoms with Gasteiger partial charge in [0.15, 0.2) is 5.41 Å². The summed E-state index contributed by atoms with van der Waals surface area (Å²) >= 11 is 11.9. The van der Waals surface area contributed by atoms with Gasteiger partial charge in [0.05, 0.1) is 0 Å². The Hall–Kier alpha value is -2.04. The van der Waals surface area contributed by atoms with Crippen LogP contribution in [0.4, 0.5) is 0 Å². The lowest BCUT2D eigenvalue weighted by molar-refractivity contribution is -0.251. The highest BCUT2D eigenvalue weighted by atomic mass is 35.5. The molecule has 0 N–H and O–H groups in total. The maximum Gasteiger partial charge on any atom is 0.327 e. The average molecular weight is 425 g/mol. The minimum atomic E-state index is -1.49. The van der Waals surface area contributed by atoms with Crippen molar-refractivity contribution < 1.29 is 19.1 Å². The van der Waals surface area contributed by atoms with E-state index >= 15 is 0 Å². The molecule has 0 aliphatic carbocycles. The van der Waals surface area contributed by atoms with Gasteiger partial charge < -0.3 is 9.47 Å². The van der Waals surface area contributed by atoms with Crippen LogP contribution in [-0.4, -0.2) is 17.7 Å². The quantitative estimate of drug-likeness (QED) is 0.268. The van der Waals surface area contributed by atoms with Crippen LogP contribution in [0.1, 0.15) is 40.5 Å². The van der Waals surface area contributed by atoms with Crippen molar-refractivity contribution in [1.82, 2.24) is 0 Å². The molecule has 1 fully saturated rings. The summed E-state index contributed by atoms with van der Waals surface area (Å²) < 4.78 is 10.8. The predicted octanol–water partition coefficient (Wildman–Crippen LogP) is 6.10. The fourth-order valence-electron chi connectivity index (χ4n) is 2.75. The van der Waals surface area contributed by atoms with Crippen LogP contribution < -0.4 is 0 Å². The first-order valence-electron chi connectivity index (χ1n) is 8.73. The number of rotatable bonds is 8. The summed E-state index contributed by atoms with van der Waals surface area (Å²) in [6, 6.07) is 0. The number of carbonyl (C=O) groups excluding carboxylic acids is 2. The van der Waals surface area contributed by atoms with Crippen molar-refractivity contribution in [3.8, 4) is 0 Å². The second kappa shape index (κ2) is 9.94. The molecule has 152 valence electrons. The first-order valence-corrected chi connectivity index (χ1v) is 9.49. The molecule has 1 aliphatic heterocycles. The third-order valence-electron chi connectivity index (χ3n) is 4.06. The fraction of sp³-hybridized carbons (Fsp3) is 0.364. The smallest absolute Gasteiger partial charge is 0.327 e. The largest absolute Gasteiger partial charge is 0.422 e. The van der Waals surface area contributed by atoms with Crippen LogP contribution in [0.15, 0.2) is 70.8 Å². The van der Waals surface area contributed by atoms with Gasteiger partial charge in [-0.1, -0.05) is 71.8 Å². The van der Waals surface area contributed by atoms with Crippen LogP contribution in [0, 0.1) is 5.41 Å². The molecule has 0 bridgehead atoms. The first-order chi connectivity index (χ1) is 13.0. The number of hydrogen-bond donors (Lipinski definition) is 0. The lowest BCUT2D eigenvalue weighted by atomic mass is 9.75. The van der Waals surface area contributed by atoms with Crippen LogP contribution in [0.25, 0.3) is 0 Å². The molecule has 1 aliphatic rings. The highest BCUT2D eigenvalue weighted by Crippen LogP contribution is 2.42. The van der Waals surface area contributed by atoms with Gasteiger partial charge in [-0.3, -0.25) is 9.59 Å². The number of halogens is 2. The van der Waals surface area contributed by atoms with Crippen molar-refractivity contribution in [3.05, 3.63) is 70.8 Å². The molecule has 1 saturated heterocycles. The number of carbonyl (C=O) groups is 2. The summed E-state index contributed by atoms with van der Waals surface area (Å²) in [4.78, 5) is 25.8. The molecule has 0 spiro atoms. The molecule has 0 aromatic rings. The number of allylic oxidation sites excluding steroid dienone is 10. The Kier molecular flexibility index (Phi) is 8.52. The van der Waals surface area contributed by atoms with E-state index in [-0.39, 0.29) is 12.8 Å². The van der Waals surface area contributed by atoms with Crippen molar-refractivity contribution >= 4 is 35.1 Å². The van der Waals surface area contributed by atoms with E-state index in [1.807, 2.05) is 0 Å². The monoisotopic (exact) mass is 424 g/mol. The molecule has 0 amide bonds. The second-order valence-electron chi connectivity index (χ2n) is 7.15. The molecular weight excluding hydrogens is 399 g/mol.